The molecule has 27 heavy (non-hydrogen) atoms. The maximum Gasteiger partial charge on any atom is 0.230 e. The first-order valence-electron chi connectivity index (χ1n) is 9.61. The van der Waals surface area contributed by atoms with Crippen molar-refractivity contribution in [2.45, 2.75) is 38.3 Å². The van der Waals surface area contributed by atoms with Crippen LogP contribution in [0, 0.1) is 0 Å². The molecule has 0 spiro atoms. The van der Waals surface area contributed by atoms with Crippen LogP contribution in [0.4, 0.5) is 0 Å². The highest BCUT2D eigenvalue weighted by Crippen LogP contribution is 2.40. The molecule has 1 aliphatic rings. The lowest BCUT2D eigenvalue weighted by Crippen LogP contribution is -2.43. The maximum absolute atomic E-state index is 11.0. The molecular formula is C20H27N5OS. The number of thiazole rings is 1. The molecule has 1 saturated heterocycles. The van der Waals surface area contributed by atoms with Gasteiger partial charge in [0.05, 0.1) is 10.9 Å². The average Bonchev–Trinajstić information content (AvgIpc) is 3.23. The van der Waals surface area contributed by atoms with Crippen molar-refractivity contribution < 1.29 is 5.11 Å². The third-order valence-electron chi connectivity index (χ3n) is 5.59. The zero-order chi connectivity index (χ0) is 19.0. The minimum atomic E-state index is -0.00168. The molecule has 0 radical (unpaired) electrons. The van der Waals surface area contributed by atoms with Gasteiger partial charge in [0.1, 0.15) is 0 Å². The van der Waals surface area contributed by atoms with E-state index in [-0.39, 0.29) is 11.9 Å². The fourth-order valence-corrected chi connectivity index (χ4v) is 5.09. The first kappa shape index (κ1) is 18.4. The highest BCUT2D eigenvalue weighted by molar-refractivity contribution is 7.17. The fraction of sp³-hybridized carbons (Fsp3) is 0.500. The molecule has 1 N–H and O–H groups in total. The van der Waals surface area contributed by atoms with Gasteiger partial charge in [0, 0.05) is 12.5 Å². The van der Waals surface area contributed by atoms with Gasteiger partial charge in [0.25, 0.3) is 0 Å². The zero-order valence-corrected chi connectivity index (χ0v) is 17.0. The van der Waals surface area contributed by atoms with Crippen LogP contribution in [-0.4, -0.2) is 62.7 Å². The van der Waals surface area contributed by atoms with Gasteiger partial charge in [-0.15, -0.1) is 5.10 Å². The molecule has 7 heteroatoms. The third kappa shape index (κ3) is 3.47. The molecule has 1 aliphatic heterocycles. The van der Waals surface area contributed by atoms with E-state index in [1.165, 1.54) is 5.56 Å². The number of piperidine rings is 1. The van der Waals surface area contributed by atoms with Crippen LogP contribution in [0.3, 0.4) is 0 Å². The Kier molecular flexibility index (Phi) is 5.16. The van der Waals surface area contributed by atoms with Gasteiger partial charge < -0.3 is 10.0 Å². The summed E-state index contributed by atoms with van der Waals surface area (Å²) in [6.45, 7) is 4.24. The standard InChI is InChI=1S/C20H27N5OS/c1-4-16-21-20-25(22-16)19(26)18(27-20)17(14-8-6-5-7-9-14)24(3)15-10-12-23(2)13-11-15/h5-9,15,17,26H,4,10-13H2,1-3H3. The van der Waals surface area contributed by atoms with Gasteiger partial charge in [0.15, 0.2) is 5.82 Å². The summed E-state index contributed by atoms with van der Waals surface area (Å²) in [6, 6.07) is 10.9. The number of aromatic hydroxyl groups is 1. The number of benzene rings is 1. The number of fused-ring (bicyclic) bond motifs is 1. The van der Waals surface area contributed by atoms with E-state index in [0.717, 1.165) is 48.0 Å². The Morgan fingerprint density at radius 3 is 2.59 bits per heavy atom. The lowest BCUT2D eigenvalue weighted by Gasteiger charge is -2.39. The molecule has 1 unspecified atom stereocenters. The molecule has 0 bridgehead atoms. The summed E-state index contributed by atoms with van der Waals surface area (Å²) in [7, 11) is 4.36. The molecule has 4 rings (SSSR count). The van der Waals surface area contributed by atoms with Crippen molar-refractivity contribution in [2.75, 3.05) is 27.2 Å². The Hall–Kier alpha value is -1.96. The summed E-state index contributed by atoms with van der Waals surface area (Å²) >= 11 is 1.54. The normalized spacial score (nSPS) is 17.8. The summed E-state index contributed by atoms with van der Waals surface area (Å²) in [4.78, 5) is 11.0. The number of hydrogen-bond acceptors (Lipinski definition) is 6. The van der Waals surface area contributed by atoms with Crippen LogP contribution in [0.5, 0.6) is 5.88 Å². The third-order valence-corrected chi connectivity index (χ3v) is 6.67. The molecular weight excluding hydrogens is 358 g/mol. The number of aromatic nitrogens is 3. The van der Waals surface area contributed by atoms with Gasteiger partial charge in [-0.25, -0.2) is 4.98 Å². The van der Waals surface area contributed by atoms with Crippen LogP contribution in [0.1, 0.15) is 42.1 Å². The first-order valence-corrected chi connectivity index (χ1v) is 10.4. The van der Waals surface area contributed by atoms with Crippen LogP contribution >= 0.6 is 11.3 Å². The Balaban J connectivity index is 1.74. The van der Waals surface area contributed by atoms with Gasteiger partial charge in [-0.2, -0.15) is 4.52 Å². The van der Waals surface area contributed by atoms with Crippen LogP contribution < -0.4 is 0 Å². The summed E-state index contributed by atoms with van der Waals surface area (Å²) in [5.41, 5.74) is 1.19. The average molecular weight is 386 g/mol. The Labute approximate surface area is 164 Å². The van der Waals surface area contributed by atoms with Crippen molar-refractivity contribution in [1.82, 2.24) is 24.4 Å². The Morgan fingerprint density at radius 2 is 1.96 bits per heavy atom. The SMILES string of the molecule is CCc1nc2sc(C(c3ccccc3)N(C)C3CCN(C)CC3)c(O)n2n1. The minimum absolute atomic E-state index is 0.00168. The second-order valence-electron chi connectivity index (χ2n) is 7.38. The molecule has 0 saturated carbocycles. The van der Waals surface area contributed by atoms with Crippen LogP contribution in [0.2, 0.25) is 0 Å². The van der Waals surface area contributed by atoms with E-state index >= 15 is 0 Å². The molecule has 144 valence electrons. The van der Waals surface area contributed by atoms with Crippen LogP contribution in [0.25, 0.3) is 4.96 Å². The molecule has 3 heterocycles. The summed E-state index contributed by atoms with van der Waals surface area (Å²) in [5.74, 6) is 0.985. The van der Waals surface area contributed by atoms with Crippen molar-refractivity contribution in [3.05, 3.63) is 46.6 Å². The number of aryl methyl sites for hydroxylation is 1. The second-order valence-corrected chi connectivity index (χ2v) is 8.39. The number of hydrogen-bond donors (Lipinski definition) is 1. The quantitative estimate of drug-likeness (QED) is 0.731. The molecule has 3 aromatic rings. The van der Waals surface area contributed by atoms with Crippen molar-refractivity contribution in [3.8, 4) is 5.88 Å². The number of rotatable bonds is 5. The summed E-state index contributed by atoms with van der Waals surface area (Å²) in [5, 5.41) is 15.4. The van der Waals surface area contributed by atoms with Crippen molar-refractivity contribution in [1.29, 1.82) is 0 Å². The topological polar surface area (TPSA) is 56.9 Å². The van der Waals surface area contributed by atoms with E-state index < -0.39 is 0 Å². The molecule has 1 aromatic carbocycles. The van der Waals surface area contributed by atoms with Crippen LogP contribution in [-0.2, 0) is 6.42 Å². The molecule has 1 fully saturated rings. The first-order chi connectivity index (χ1) is 13.1. The van der Waals surface area contributed by atoms with E-state index in [9.17, 15) is 5.11 Å². The lowest BCUT2D eigenvalue weighted by molar-refractivity contribution is 0.121. The van der Waals surface area contributed by atoms with Gasteiger partial charge in [-0.1, -0.05) is 48.6 Å². The molecule has 0 amide bonds. The predicted octanol–water partition coefficient (Wildman–Crippen LogP) is 3.17. The van der Waals surface area contributed by atoms with E-state index in [1.54, 1.807) is 15.9 Å². The van der Waals surface area contributed by atoms with E-state index in [2.05, 4.69) is 58.2 Å². The van der Waals surface area contributed by atoms with Crippen molar-refractivity contribution in [2.24, 2.45) is 0 Å². The van der Waals surface area contributed by atoms with Gasteiger partial charge in [0.2, 0.25) is 10.8 Å². The van der Waals surface area contributed by atoms with Crippen molar-refractivity contribution in [3.63, 3.8) is 0 Å². The number of likely N-dealkylation sites (tertiary alicyclic amines) is 1. The fourth-order valence-electron chi connectivity index (χ4n) is 3.94. The predicted molar refractivity (Wildman–Crippen MR) is 108 cm³/mol. The monoisotopic (exact) mass is 385 g/mol. The molecule has 0 aliphatic carbocycles. The smallest absolute Gasteiger partial charge is 0.230 e. The summed E-state index contributed by atoms with van der Waals surface area (Å²) < 4.78 is 1.59. The molecule has 6 nitrogen and oxygen atoms in total. The van der Waals surface area contributed by atoms with Crippen molar-refractivity contribution >= 4 is 16.3 Å². The van der Waals surface area contributed by atoms with E-state index in [0.29, 0.717) is 6.04 Å². The second kappa shape index (κ2) is 7.58. The van der Waals surface area contributed by atoms with Crippen LogP contribution in [0.15, 0.2) is 30.3 Å². The van der Waals surface area contributed by atoms with Gasteiger partial charge in [-0.05, 0) is 45.6 Å². The van der Waals surface area contributed by atoms with Gasteiger partial charge >= 0.3 is 0 Å². The zero-order valence-electron chi connectivity index (χ0n) is 16.2. The number of nitrogens with zero attached hydrogens (tertiary/aromatic N) is 5. The lowest BCUT2D eigenvalue weighted by atomic mass is 9.98. The highest BCUT2D eigenvalue weighted by atomic mass is 32.1. The van der Waals surface area contributed by atoms with Gasteiger partial charge in [-0.3, -0.25) is 4.90 Å². The largest absolute Gasteiger partial charge is 0.492 e. The summed E-state index contributed by atoms with van der Waals surface area (Å²) in [6.07, 6.45) is 3.04. The Morgan fingerprint density at radius 1 is 1.26 bits per heavy atom. The maximum atomic E-state index is 11.0. The minimum Gasteiger partial charge on any atom is -0.492 e. The van der Waals surface area contributed by atoms with E-state index in [1.807, 2.05) is 13.0 Å². The molecule has 1 atom stereocenters. The Bertz CT molecular complexity index is 898. The van der Waals surface area contributed by atoms with E-state index in [4.69, 9.17) is 0 Å². The highest BCUT2D eigenvalue weighted by Gasteiger charge is 2.32. The molecule has 2 aromatic heterocycles.